The van der Waals surface area contributed by atoms with Gasteiger partial charge in [-0.05, 0) is 57.1 Å². The van der Waals surface area contributed by atoms with Crippen molar-refractivity contribution in [2.24, 2.45) is 4.99 Å². The van der Waals surface area contributed by atoms with Gasteiger partial charge in [0.15, 0.2) is 5.96 Å². The van der Waals surface area contributed by atoms with Crippen LogP contribution >= 0.6 is 35.7 Å². The molecule has 3 unspecified atom stereocenters. The number of pyridine rings is 1. The fourth-order valence-electron chi connectivity index (χ4n) is 3.93. The number of aromatic nitrogens is 1. The van der Waals surface area contributed by atoms with Gasteiger partial charge in [0.05, 0.1) is 19.3 Å². The molecule has 1 aliphatic heterocycles. The van der Waals surface area contributed by atoms with Crippen LogP contribution in [0.5, 0.6) is 0 Å². The fraction of sp³-hybridized carbons (Fsp3) is 0.714. The molecule has 2 N–H and O–H groups in total. The molecule has 1 aromatic heterocycles. The third kappa shape index (κ3) is 7.79. The van der Waals surface area contributed by atoms with Crippen LogP contribution in [0.25, 0.3) is 0 Å². The molecule has 0 spiro atoms. The Kier molecular flexibility index (Phi) is 10.9. The number of nitrogens with one attached hydrogen (secondary N) is 2. The minimum absolute atomic E-state index is 0. The Hall–Kier alpha value is -0.740. The Bertz CT molecular complexity index is 647. The maximum atomic E-state index is 5.64. The summed E-state index contributed by atoms with van der Waals surface area (Å²) in [6.45, 7) is 8.31. The monoisotopic (exact) mass is 533 g/mol. The van der Waals surface area contributed by atoms with Crippen LogP contribution in [0.1, 0.15) is 45.1 Å². The Morgan fingerprint density at radius 3 is 3.03 bits per heavy atom. The number of morpholine rings is 1. The number of hydrogen-bond donors (Lipinski definition) is 2. The summed E-state index contributed by atoms with van der Waals surface area (Å²) >= 11 is 1.99. The number of halogens is 1. The molecule has 3 rings (SSSR count). The largest absolute Gasteiger partial charge is 0.375 e. The zero-order valence-corrected chi connectivity index (χ0v) is 21.0. The molecule has 2 aliphatic rings. The fourth-order valence-corrected chi connectivity index (χ4v) is 4.76. The predicted molar refractivity (Wildman–Crippen MR) is 135 cm³/mol. The molecule has 3 atom stereocenters. The Morgan fingerprint density at radius 1 is 1.41 bits per heavy atom. The number of rotatable bonds is 6. The molecule has 1 saturated heterocycles. The number of anilines is 1. The molecule has 164 valence electrons. The van der Waals surface area contributed by atoms with Crippen molar-refractivity contribution in [3.8, 4) is 0 Å². The third-order valence-corrected chi connectivity index (χ3v) is 6.53. The molecule has 2 fully saturated rings. The highest BCUT2D eigenvalue weighted by molar-refractivity contribution is 14.0. The van der Waals surface area contributed by atoms with Gasteiger partial charge >= 0.3 is 0 Å². The van der Waals surface area contributed by atoms with Crippen molar-refractivity contribution in [3.63, 3.8) is 0 Å². The average molecular weight is 534 g/mol. The van der Waals surface area contributed by atoms with Crippen molar-refractivity contribution < 1.29 is 4.74 Å². The van der Waals surface area contributed by atoms with Gasteiger partial charge in [-0.25, -0.2) is 9.98 Å². The summed E-state index contributed by atoms with van der Waals surface area (Å²) in [5.41, 5.74) is 1.19. The summed E-state index contributed by atoms with van der Waals surface area (Å²) in [5.74, 6) is 1.95. The van der Waals surface area contributed by atoms with E-state index < -0.39 is 0 Å². The van der Waals surface area contributed by atoms with E-state index in [-0.39, 0.29) is 30.1 Å². The van der Waals surface area contributed by atoms with Crippen molar-refractivity contribution in [1.82, 2.24) is 15.6 Å². The summed E-state index contributed by atoms with van der Waals surface area (Å²) in [6.07, 6.45) is 9.47. The van der Waals surface area contributed by atoms with Crippen LogP contribution in [0.3, 0.4) is 0 Å². The molecule has 2 heterocycles. The van der Waals surface area contributed by atoms with Gasteiger partial charge in [0, 0.05) is 37.1 Å². The lowest BCUT2D eigenvalue weighted by molar-refractivity contribution is 0.0529. The van der Waals surface area contributed by atoms with E-state index in [4.69, 9.17) is 9.73 Å². The highest BCUT2D eigenvalue weighted by Crippen LogP contribution is 2.26. The van der Waals surface area contributed by atoms with Crippen molar-refractivity contribution >= 4 is 47.5 Å². The maximum absolute atomic E-state index is 5.64. The van der Waals surface area contributed by atoms with Crippen LogP contribution in [0.4, 0.5) is 5.82 Å². The molecule has 6 nitrogen and oxygen atoms in total. The zero-order chi connectivity index (χ0) is 19.8. The third-order valence-electron chi connectivity index (χ3n) is 5.44. The molecule has 1 aromatic rings. The Labute approximate surface area is 197 Å². The topological polar surface area (TPSA) is 61.8 Å². The van der Waals surface area contributed by atoms with E-state index in [0.29, 0.717) is 12.6 Å². The second kappa shape index (κ2) is 12.8. The molecule has 0 radical (unpaired) electrons. The van der Waals surface area contributed by atoms with Crippen LogP contribution in [-0.4, -0.2) is 60.8 Å². The highest BCUT2D eigenvalue weighted by atomic mass is 127. The van der Waals surface area contributed by atoms with Crippen molar-refractivity contribution in [2.75, 3.05) is 37.4 Å². The first kappa shape index (κ1) is 24.5. The number of hydrogen-bond acceptors (Lipinski definition) is 5. The number of nitrogens with zero attached hydrogens (tertiary/aromatic N) is 3. The SMILES string of the molecule is CCNC(=NCc1ccnc(N2CCOC(C)C2)c1)NC1CCCC(SC)C1.I. The van der Waals surface area contributed by atoms with Gasteiger partial charge in [-0.15, -0.1) is 24.0 Å². The minimum Gasteiger partial charge on any atom is -0.375 e. The van der Waals surface area contributed by atoms with Crippen molar-refractivity contribution in [3.05, 3.63) is 23.9 Å². The molecule has 1 saturated carbocycles. The summed E-state index contributed by atoms with van der Waals surface area (Å²) in [7, 11) is 0. The second-order valence-corrected chi connectivity index (χ2v) is 8.85. The molecule has 0 amide bonds. The van der Waals surface area contributed by atoms with Gasteiger partial charge in [-0.1, -0.05) is 6.42 Å². The molecule has 1 aliphatic carbocycles. The van der Waals surface area contributed by atoms with Crippen LogP contribution in [0.2, 0.25) is 0 Å². The van der Waals surface area contributed by atoms with Gasteiger partial charge in [0.1, 0.15) is 5.82 Å². The number of aliphatic imine (C=N–C) groups is 1. The lowest BCUT2D eigenvalue weighted by Gasteiger charge is -2.32. The van der Waals surface area contributed by atoms with Crippen LogP contribution in [0.15, 0.2) is 23.3 Å². The Morgan fingerprint density at radius 2 is 2.28 bits per heavy atom. The van der Waals surface area contributed by atoms with E-state index >= 15 is 0 Å². The first-order valence-electron chi connectivity index (χ1n) is 10.6. The van der Waals surface area contributed by atoms with Crippen molar-refractivity contribution in [2.45, 2.75) is 63.5 Å². The molecule has 8 heteroatoms. The average Bonchev–Trinajstić information content (AvgIpc) is 2.72. The van der Waals surface area contributed by atoms with Gasteiger partial charge in [0.2, 0.25) is 0 Å². The number of ether oxygens (including phenoxy) is 1. The standard InChI is InChI=1S/C21H35N5OS.HI/c1-4-22-21(25-18-6-5-7-19(13-18)28-3)24-14-17-8-9-23-20(12-17)26-10-11-27-16(2)15-26;/h8-9,12,16,18-19H,4-7,10-11,13-15H2,1-3H3,(H2,22,24,25);1H. The lowest BCUT2D eigenvalue weighted by atomic mass is 9.95. The lowest BCUT2D eigenvalue weighted by Crippen LogP contribution is -2.45. The molecule has 0 aromatic carbocycles. The summed E-state index contributed by atoms with van der Waals surface area (Å²) in [5, 5.41) is 7.84. The molecular formula is C21H36IN5OS. The Balaban J connectivity index is 0.00000300. The normalized spacial score (nSPS) is 25.3. The van der Waals surface area contributed by atoms with Gasteiger partial charge < -0.3 is 20.3 Å². The van der Waals surface area contributed by atoms with E-state index in [1.807, 2.05) is 18.0 Å². The smallest absolute Gasteiger partial charge is 0.191 e. The van der Waals surface area contributed by atoms with Gasteiger partial charge in [0.25, 0.3) is 0 Å². The molecular weight excluding hydrogens is 497 g/mol. The quantitative estimate of drug-likeness (QED) is 0.331. The number of guanidine groups is 1. The molecule has 29 heavy (non-hydrogen) atoms. The predicted octanol–water partition coefficient (Wildman–Crippen LogP) is 3.65. The summed E-state index contributed by atoms with van der Waals surface area (Å²) < 4.78 is 5.64. The summed E-state index contributed by atoms with van der Waals surface area (Å²) in [4.78, 5) is 11.7. The first-order chi connectivity index (χ1) is 13.7. The van der Waals surface area contributed by atoms with Crippen molar-refractivity contribution in [1.29, 1.82) is 0 Å². The van der Waals surface area contributed by atoms with E-state index in [1.165, 1.54) is 31.2 Å². The zero-order valence-electron chi connectivity index (χ0n) is 17.9. The van der Waals surface area contributed by atoms with E-state index in [1.54, 1.807) is 0 Å². The highest BCUT2D eigenvalue weighted by Gasteiger charge is 2.22. The van der Waals surface area contributed by atoms with Crippen LogP contribution in [-0.2, 0) is 11.3 Å². The maximum Gasteiger partial charge on any atom is 0.191 e. The molecule has 0 bridgehead atoms. The van der Waals surface area contributed by atoms with E-state index in [9.17, 15) is 0 Å². The first-order valence-corrected chi connectivity index (χ1v) is 11.9. The second-order valence-electron chi connectivity index (χ2n) is 7.71. The van der Waals surface area contributed by atoms with Gasteiger partial charge in [-0.3, -0.25) is 0 Å². The van der Waals surface area contributed by atoms with E-state index in [0.717, 1.165) is 43.3 Å². The minimum atomic E-state index is 0. The van der Waals surface area contributed by atoms with E-state index in [2.05, 4.69) is 52.8 Å². The number of thioether (sulfide) groups is 1. The summed E-state index contributed by atoms with van der Waals surface area (Å²) in [6, 6.07) is 4.74. The van der Waals surface area contributed by atoms with Crippen LogP contribution < -0.4 is 15.5 Å². The van der Waals surface area contributed by atoms with Gasteiger partial charge in [-0.2, -0.15) is 11.8 Å². The van der Waals surface area contributed by atoms with Crippen LogP contribution in [0, 0.1) is 0 Å².